The molecule has 0 spiro atoms. The Morgan fingerprint density at radius 1 is 1.09 bits per heavy atom. The van der Waals surface area contributed by atoms with Gasteiger partial charge in [-0.05, 0) is 83.4 Å². The molecule has 1 aromatic carbocycles. The Hall–Kier alpha value is -2.57. The van der Waals surface area contributed by atoms with Crippen LogP contribution in [-0.2, 0) is 14.3 Å². The molecule has 35 heavy (non-hydrogen) atoms. The molecule has 0 aliphatic heterocycles. The molecule has 0 aromatic heterocycles. The third-order valence-corrected chi connectivity index (χ3v) is 7.20. The molecule has 2 fully saturated rings. The van der Waals surface area contributed by atoms with Crippen molar-refractivity contribution < 1.29 is 19.1 Å². The van der Waals surface area contributed by atoms with Crippen LogP contribution in [0.2, 0.25) is 0 Å². The highest BCUT2D eigenvalue weighted by atomic mass is 16.6. The van der Waals surface area contributed by atoms with E-state index in [2.05, 4.69) is 17.6 Å². The molecular weight excluding hydrogens is 442 g/mol. The summed E-state index contributed by atoms with van der Waals surface area (Å²) in [4.78, 5) is 41.9. The lowest BCUT2D eigenvalue weighted by atomic mass is 9.92. The molecule has 2 aliphatic carbocycles. The summed E-state index contributed by atoms with van der Waals surface area (Å²) in [5.74, 6) is -0.111. The van der Waals surface area contributed by atoms with Crippen molar-refractivity contribution in [3.8, 4) is 0 Å². The summed E-state index contributed by atoms with van der Waals surface area (Å²) in [7, 11) is 0. The van der Waals surface area contributed by atoms with E-state index in [1.807, 2.05) is 32.0 Å². The maximum atomic E-state index is 13.9. The second-order valence-electron chi connectivity index (χ2n) is 11.4. The van der Waals surface area contributed by atoms with Gasteiger partial charge in [-0.15, -0.1) is 0 Å². The first-order chi connectivity index (χ1) is 16.4. The van der Waals surface area contributed by atoms with Crippen LogP contribution in [0.4, 0.5) is 4.79 Å². The number of carbonyl (C=O) groups is 3. The molecule has 3 amide bonds. The molecule has 7 nitrogen and oxygen atoms in total. The number of aryl methyl sites for hydroxylation is 1. The number of carbonyl (C=O) groups excluding carboxylic acids is 3. The Bertz CT molecular complexity index is 933. The number of rotatable bonds is 7. The lowest BCUT2D eigenvalue weighted by molar-refractivity contribution is -0.143. The number of alkyl carbamates (subject to hydrolysis) is 1. The van der Waals surface area contributed by atoms with E-state index < -0.39 is 23.8 Å². The van der Waals surface area contributed by atoms with E-state index >= 15 is 0 Å². The maximum Gasteiger partial charge on any atom is 0.408 e. The summed E-state index contributed by atoms with van der Waals surface area (Å²) in [5.41, 5.74) is 2.26. The van der Waals surface area contributed by atoms with Gasteiger partial charge in [0.25, 0.3) is 0 Å². The van der Waals surface area contributed by atoms with Gasteiger partial charge >= 0.3 is 6.09 Å². The first-order valence-electron chi connectivity index (χ1n) is 13.1. The highest BCUT2D eigenvalue weighted by molar-refractivity contribution is 5.92. The van der Waals surface area contributed by atoms with Crippen LogP contribution in [-0.4, -0.2) is 46.5 Å². The summed E-state index contributed by atoms with van der Waals surface area (Å²) in [6.07, 6.45) is 5.55. The molecule has 0 radical (unpaired) electrons. The summed E-state index contributed by atoms with van der Waals surface area (Å²) < 4.78 is 5.36. The van der Waals surface area contributed by atoms with E-state index in [9.17, 15) is 14.4 Å². The first-order valence-corrected chi connectivity index (χ1v) is 13.1. The number of nitrogens with zero attached hydrogens (tertiary/aromatic N) is 1. The molecule has 7 heteroatoms. The number of ether oxygens (including phenoxy) is 1. The summed E-state index contributed by atoms with van der Waals surface area (Å²) >= 11 is 0. The first kappa shape index (κ1) is 27.0. The molecule has 3 rings (SSSR count). The molecule has 0 heterocycles. The van der Waals surface area contributed by atoms with Gasteiger partial charge in [0.05, 0.1) is 0 Å². The fourth-order valence-electron chi connectivity index (χ4n) is 4.96. The van der Waals surface area contributed by atoms with Gasteiger partial charge in [0.15, 0.2) is 0 Å². The summed E-state index contributed by atoms with van der Waals surface area (Å²) in [5, 5.41) is 5.95. The molecule has 0 saturated heterocycles. The van der Waals surface area contributed by atoms with E-state index in [0.717, 1.165) is 48.8 Å². The van der Waals surface area contributed by atoms with Crippen LogP contribution in [0.3, 0.4) is 0 Å². The van der Waals surface area contributed by atoms with Gasteiger partial charge in [-0.1, -0.05) is 44.4 Å². The normalized spacial score (nSPS) is 22.0. The van der Waals surface area contributed by atoms with Crippen LogP contribution in [0.5, 0.6) is 0 Å². The van der Waals surface area contributed by atoms with Crippen LogP contribution < -0.4 is 10.6 Å². The lowest BCUT2D eigenvalue weighted by Crippen LogP contribution is -2.54. The molecule has 2 aliphatic rings. The molecule has 4 atom stereocenters. The van der Waals surface area contributed by atoms with Gasteiger partial charge in [0.1, 0.15) is 17.7 Å². The van der Waals surface area contributed by atoms with Gasteiger partial charge in [-0.2, -0.15) is 0 Å². The smallest absolute Gasteiger partial charge is 0.408 e. The van der Waals surface area contributed by atoms with Crippen molar-refractivity contribution in [2.75, 3.05) is 0 Å². The van der Waals surface area contributed by atoms with Crippen LogP contribution in [0, 0.1) is 19.8 Å². The second kappa shape index (κ2) is 11.0. The predicted octanol–water partition coefficient (Wildman–Crippen LogP) is 4.94. The number of nitrogens with one attached hydrogen (secondary N) is 2. The lowest BCUT2D eigenvalue weighted by Gasteiger charge is -2.36. The topological polar surface area (TPSA) is 87.7 Å². The number of benzene rings is 1. The molecule has 2 N–H and O–H groups in total. The molecule has 1 aromatic rings. The van der Waals surface area contributed by atoms with E-state index in [-0.39, 0.29) is 23.9 Å². The van der Waals surface area contributed by atoms with Crippen molar-refractivity contribution >= 4 is 17.9 Å². The molecule has 0 bridgehead atoms. The Kier molecular flexibility index (Phi) is 8.50. The van der Waals surface area contributed by atoms with Gasteiger partial charge in [-0.3, -0.25) is 9.59 Å². The van der Waals surface area contributed by atoms with E-state index in [1.165, 1.54) is 6.42 Å². The van der Waals surface area contributed by atoms with Crippen molar-refractivity contribution in [2.24, 2.45) is 5.92 Å². The van der Waals surface area contributed by atoms with E-state index in [0.29, 0.717) is 5.92 Å². The third kappa shape index (κ3) is 6.98. The molecule has 194 valence electrons. The molecule has 2 saturated carbocycles. The minimum Gasteiger partial charge on any atom is -0.444 e. The highest BCUT2D eigenvalue weighted by Crippen LogP contribution is 2.41. The van der Waals surface area contributed by atoms with E-state index in [1.54, 1.807) is 32.6 Å². The second-order valence-corrected chi connectivity index (χ2v) is 11.4. The predicted molar refractivity (Wildman–Crippen MR) is 137 cm³/mol. The van der Waals surface area contributed by atoms with Crippen molar-refractivity contribution in [3.05, 3.63) is 34.9 Å². The third-order valence-electron chi connectivity index (χ3n) is 7.20. The SMILES string of the molecule is Cc1cccc(C(C(=O)NC2CCCCC2)N(C(=O)C(C)NC(=O)OC(C)(C)C)C2CC2C)c1C. The van der Waals surface area contributed by atoms with Crippen molar-refractivity contribution in [2.45, 2.75) is 117 Å². The number of hydrogen-bond acceptors (Lipinski definition) is 4. The average molecular weight is 486 g/mol. The standard InChI is InChI=1S/C28H43N3O4/c1-17-12-11-15-22(19(17)3)24(25(32)30-21-13-9-8-10-14-21)31(23-16-18(23)2)26(33)20(4)29-27(34)35-28(5,6)7/h11-12,15,18,20-21,23-24H,8-10,13-14,16H2,1-7H3,(H,29,34)(H,30,32). The number of amides is 3. The number of hydrogen-bond donors (Lipinski definition) is 2. The van der Waals surface area contributed by atoms with Gasteiger partial charge in [0.2, 0.25) is 11.8 Å². The molecule has 4 unspecified atom stereocenters. The zero-order chi connectivity index (χ0) is 25.9. The van der Waals surface area contributed by atoms with Gasteiger partial charge in [0, 0.05) is 12.1 Å². The fourth-order valence-corrected chi connectivity index (χ4v) is 4.96. The highest BCUT2D eigenvalue weighted by Gasteiger charge is 2.48. The van der Waals surface area contributed by atoms with Crippen molar-refractivity contribution in [3.63, 3.8) is 0 Å². The largest absolute Gasteiger partial charge is 0.444 e. The van der Waals surface area contributed by atoms with Crippen molar-refractivity contribution in [1.29, 1.82) is 0 Å². The minimum absolute atomic E-state index is 0.0487. The summed E-state index contributed by atoms with van der Waals surface area (Å²) in [6.45, 7) is 13.1. The van der Waals surface area contributed by atoms with Gasteiger partial charge in [-0.25, -0.2) is 4.79 Å². The van der Waals surface area contributed by atoms with Gasteiger partial charge < -0.3 is 20.3 Å². The Morgan fingerprint density at radius 3 is 2.29 bits per heavy atom. The Labute approximate surface area is 210 Å². The van der Waals surface area contributed by atoms with E-state index in [4.69, 9.17) is 4.74 Å². The quantitative estimate of drug-likeness (QED) is 0.572. The zero-order valence-corrected chi connectivity index (χ0v) is 22.4. The Morgan fingerprint density at radius 2 is 1.71 bits per heavy atom. The summed E-state index contributed by atoms with van der Waals surface area (Å²) in [6, 6.07) is 4.43. The van der Waals surface area contributed by atoms with Crippen LogP contribution in [0.25, 0.3) is 0 Å². The molecular formula is C28H43N3O4. The minimum atomic E-state index is -0.826. The Balaban J connectivity index is 1.93. The maximum absolute atomic E-state index is 13.9. The van der Waals surface area contributed by atoms with Crippen molar-refractivity contribution in [1.82, 2.24) is 15.5 Å². The van der Waals surface area contributed by atoms with Crippen LogP contribution in [0.1, 0.15) is 95.9 Å². The average Bonchev–Trinajstić information content (AvgIpc) is 3.48. The van der Waals surface area contributed by atoms with Crippen LogP contribution >= 0.6 is 0 Å². The fraction of sp³-hybridized carbons (Fsp3) is 0.679. The van der Waals surface area contributed by atoms with Crippen LogP contribution in [0.15, 0.2) is 18.2 Å². The monoisotopic (exact) mass is 485 g/mol. The zero-order valence-electron chi connectivity index (χ0n) is 22.4.